The van der Waals surface area contributed by atoms with Crippen LogP contribution in [0.1, 0.15) is 11.4 Å². The molecule has 2 heterocycles. The second kappa shape index (κ2) is 4.65. The molecular formula is C15H14N4. The second-order valence-corrected chi connectivity index (χ2v) is 4.45. The zero-order valence-corrected chi connectivity index (χ0v) is 10.9. The van der Waals surface area contributed by atoms with Gasteiger partial charge in [0.1, 0.15) is 11.5 Å². The maximum Gasteiger partial charge on any atom is 0.200 e. The highest BCUT2D eigenvalue weighted by atomic mass is 15.4. The Kier molecular flexibility index (Phi) is 2.83. The number of para-hydroxylation sites is 1. The molecule has 0 amide bonds. The molecule has 0 aliphatic rings. The Bertz CT molecular complexity index is 684. The normalized spacial score (nSPS) is 10.6. The first-order valence-electron chi connectivity index (χ1n) is 6.16. The summed E-state index contributed by atoms with van der Waals surface area (Å²) in [7, 11) is 0. The predicted molar refractivity (Wildman–Crippen MR) is 74.1 cm³/mol. The molecule has 2 aromatic heterocycles. The lowest BCUT2D eigenvalue weighted by atomic mass is 10.3. The van der Waals surface area contributed by atoms with E-state index < -0.39 is 0 Å². The lowest BCUT2D eigenvalue weighted by molar-refractivity contribution is 0.841. The zero-order chi connectivity index (χ0) is 13.2. The molecule has 0 N–H and O–H groups in total. The summed E-state index contributed by atoms with van der Waals surface area (Å²) in [6, 6.07) is 13.9. The van der Waals surface area contributed by atoms with Gasteiger partial charge in [0.15, 0.2) is 5.82 Å². The molecular weight excluding hydrogens is 236 g/mol. The summed E-state index contributed by atoms with van der Waals surface area (Å²) in [6.45, 7) is 3.95. The fourth-order valence-corrected chi connectivity index (χ4v) is 1.91. The molecule has 0 bridgehead atoms. The van der Waals surface area contributed by atoms with E-state index in [2.05, 4.69) is 15.1 Å². The van der Waals surface area contributed by atoms with Crippen molar-refractivity contribution in [3.05, 3.63) is 60.0 Å². The fraction of sp³-hybridized carbons (Fsp3) is 0.133. The summed E-state index contributed by atoms with van der Waals surface area (Å²) in [6.07, 6.45) is 1.83. The molecule has 1 aromatic carbocycles. The number of hydrogen-bond acceptors (Lipinski definition) is 3. The minimum Gasteiger partial charge on any atom is -0.253 e. The van der Waals surface area contributed by atoms with Crippen molar-refractivity contribution in [1.29, 1.82) is 0 Å². The lowest BCUT2D eigenvalue weighted by Crippen LogP contribution is -1.98. The molecule has 0 fully saturated rings. The molecule has 0 atom stereocenters. The number of benzene rings is 1. The third-order valence-corrected chi connectivity index (χ3v) is 2.91. The Balaban J connectivity index is 2.04. The van der Waals surface area contributed by atoms with Crippen LogP contribution in [0.25, 0.3) is 17.2 Å². The van der Waals surface area contributed by atoms with E-state index in [1.165, 1.54) is 0 Å². The Labute approximate surface area is 111 Å². The largest absolute Gasteiger partial charge is 0.253 e. The quantitative estimate of drug-likeness (QED) is 0.702. The van der Waals surface area contributed by atoms with Crippen LogP contribution < -0.4 is 0 Å². The van der Waals surface area contributed by atoms with Gasteiger partial charge in [0.05, 0.1) is 5.69 Å². The molecule has 0 spiro atoms. The average molecular weight is 250 g/mol. The Morgan fingerprint density at radius 2 is 1.74 bits per heavy atom. The van der Waals surface area contributed by atoms with Gasteiger partial charge in [0, 0.05) is 6.20 Å². The minimum absolute atomic E-state index is 0.654. The van der Waals surface area contributed by atoms with Crippen molar-refractivity contribution in [2.24, 2.45) is 0 Å². The van der Waals surface area contributed by atoms with Crippen molar-refractivity contribution >= 4 is 0 Å². The van der Waals surface area contributed by atoms with E-state index in [0.29, 0.717) is 5.82 Å². The van der Waals surface area contributed by atoms with E-state index in [9.17, 15) is 0 Å². The van der Waals surface area contributed by atoms with Crippen LogP contribution in [0, 0.1) is 13.8 Å². The van der Waals surface area contributed by atoms with Crippen molar-refractivity contribution in [3.63, 3.8) is 0 Å². The van der Waals surface area contributed by atoms with Crippen LogP contribution in [0.5, 0.6) is 0 Å². The van der Waals surface area contributed by atoms with E-state index in [4.69, 9.17) is 0 Å². The third kappa shape index (κ3) is 2.25. The van der Waals surface area contributed by atoms with Gasteiger partial charge in [-0.3, -0.25) is 4.98 Å². The summed E-state index contributed by atoms with van der Waals surface area (Å²) in [5.74, 6) is 1.50. The second-order valence-electron chi connectivity index (χ2n) is 4.45. The predicted octanol–water partition coefficient (Wildman–Crippen LogP) is 2.95. The first kappa shape index (κ1) is 11.6. The molecule has 94 valence electrons. The Morgan fingerprint density at radius 3 is 2.42 bits per heavy atom. The van der Waals surface area contributed by atoms with Gasteiger partial charge >= 0.3 is 0 Å². The molecule has 3 aromatic rings. The number of aromatic nitrogens is 4. The van der Waals surface area contributed by atoms with E-state index in [1.54, 1.807) is 0 Å². The fourth-order valence-electron chi connectivity index (χ4n) is 1.91. The maximum absolute atomic E-state index is 4.52. The Hall–Kier alpha value is -2.49. The van der Waals surface area contributed by atoms with E-state index in [-0.39, 0.29) is 0 Å². The van der Waals surface area contributed by atoms with E-state index in [1.807, 2.05) is 67.2 Å². The van der Waals surface area contributed by atoms with Crippen molar-refractivity contribution < 1.29 is 0 Å². The maximum atomic E-state index is 4.52. The van der Waals surface area contributed by atoms with Gasteiger partial charge in [-0.15, -0.1) is 5.10 Å². The summed E-state index contributed by atoms with van der Waals surface area (Å²) in [5, 5.41) is 4.52. The standard InChI is InChI=1S/C15H14N4/c1-11-8-9-14(16-10-11)15-17-12(2)19(18-15)13-6-4-3-5-7-13/h3-10H,1-2H3. The number of rotatable bonds is 2. The molecule has 0 saturated carbocycles. The molecule has 0 unspecified atom stereocenters. The summed E-state index contributed by atoms with van der Waals surface area (Å²) < 4.78 is 1.83. The van der Waals surface area contributed by atoms with Crippen molar-refractivity contribution in [3.8, 4) is 17.2 Å². The lowest BCUT2D eigenvalue weighted by Gasteiger charge is -2.01. The summed E-state index contributed by atoms with van der Waals surface area (Å²) >= 11 is 0. The van der Waals surface area contributed by atoms with Crippen LogP contribution in [0.4, 0.5) is 0 Å². The molecule has 4 nitrogen and oxygen atoms in total. The van der Waals surface area contributed by atoms with Crippen molar-refractivity contribution in [1.82, 2.24) is 19.7 Å². The minimum atomic E-state index is 0.654. The molecule has 0 aliphatic carbocycles. The molecule has 19 heavy (non-hydrogen) atoms. The van der Waals surface area contributed by atoms with Crippen LogP contribution in [-0.2, 0) is 0 Å². The molecule has 4 heteroatoms. The summed E-state index contributed by atoms with van der Waals surface area (Å²) in [5.41, 5.74) is 2.93. The van der Waals surface area contributed by atoms with Gasteiger partial charge in [-0.2, -0.15) is 0 Å². The van der Waals surface area contributed by atoms with Crippen molar-refractivity contribution in [2.45, 2.75) is 13.8 Å². The molecule has 3 rings (SSSR count). The van der Waals surface area contributed by atoms with Crippen molar-refractivity contribution in [2.75, 3.05) is 0 Å². The van der Waals surface area contributed by atoms with Gasteiger partial charge < -0.3 is 0 Å². The summed E-state index contributed by atoms with van der Waals surface area (Å²) in [4.78, 5) is 8.83. The van der Waals surface area contributed by atoms with E-state index in [0.717, 1.165) is 22.8 Å². The Morgan fingerprint density at radius 1 is 0.947 bits per heavy atom. The smallest absolute Gasteiger partial charge is 0.200 e. The monoisotopic (exact) mass is 250 g/mol. The van der Waals surface area contributed by atoms with Crippen LogP contribution >= 0.6 is 0 Å². The van der Waals surface area contributed by atoms with Gasteiger partial charge in [0.2, 0.25) is 0 Å². The van der Waals surface area contributed by atoms with Gasteiger partial charge in [-0.1, -0.05) is 24.3 Å². The van der Waals surface area contributed by atoms with Gasteiger partial charge in [-0.05, 0) is 37.6 Å². The van der Waals surface area contributed by atoms with Crippen LogP contribution in [0.3, 0.4) is 0 Å². The highest BCUT2D eigenvalue weighted by molar-refractivity contribution is 5.49. The third-order valence-electron chi connectivity index (χ3n) is 2.91. The first-order valence-corrected chi connectivity index (χ1v) is 6.16. The first-order chi connectivity index (χ1) is 9.24. The number of aryl methyl sites for hydroxylation is 2. The number of hydrogen-bond donors (Lipinski definition) is 0. The van der Waals surface area contributed by atoms with E-state index >= 15 is 0 Å². The average Bonchev–Trinajstić information content (AvgIpc) is 2.83. The number of pyridine rings is 1. The number of nitrogens with zero attached hydrogens (tertiary/aromatic N) is 4. The van der Waals surface area contributed by atoms with Crippen LogP contribution in [0.15, 0.2) is 48.7 Å². The highest BCUT2D eigenvalue weighted by Gasteiger charge is 2.10. The topological polar surface area (TPSA) is 43.6 Å². The SMILES string of the molecule is Cc1ccc(-c2nc(C)n(-c3ccccc3)n2)nc1. The molecule has 0 radical (unpaired) electrons. The van der Waals surface area contributed by atoms with Gasteiger partial charge in [-0.25, -0.2) is 9.67 Å². The zero-order valence-electron chi connectivity index (χ0n) is 10.9. The highest BCUT2D eigenvalue weighted by Crippen LogP contribution is 2.16. The van der Waals surface area contributed by atoms with Gasteiger partial charge in [0.25, 0.3) is 0 Å². The van der Waals surface area contributed by atoms with Crippen LogP contribution in [-0.4, -0.2) is 19.7 Å². The van der Waals surface area contributed by atoms with Crippen LogP contribution in [0.2, 0.25) is 0 Å². The molecule has 0 aliphatic heterocycles. The molecule has 0 saturated heterocycles.